The Morgan fingerprint density at radius 2 is 2.10 bits per heavy atom. The molecule has 0 aliphatic carbocycles. The van der Waals surface area contributed by atoms with Crippen molar-refractivity contribution >= 4 is 11.6 Å². The van der Waals surface area contributed by atoms with Crippen molar-refractivity contribution in [3.63, 3.8) is 0 Å². The van der Waals surface area contributed by atoms with Gasteiger partial charge in [-0.05, 0) is 33.1 Å². The molecule has 1 aliphatic rings. The lowest BCUT2D eigenvalue weighted by atomic mass is 10.1. The third-order valence-corrected chi connectivity index (χ3v) is 4.29. The molecule has 1 aliphatic heterocycles. The van der Waals surface area contributed by atoms with E-state index in [0.717, 1.165) is 31.5 Å². The Morgan fingerprint density at radius 3 is 2.75 bits per heavy atom. The summed E-state index contributed by atoms with van der Waals surface area (Å²) in [4.78, 5) is 14.9. The van der Waals surface area contributed by atoms with E-state index in [0.29, 0.717) is 24.0 Å². The summed E-state index contributed by atoms with van der Waals surface area (Å²) in [5, 5.41) is 4.36. The first-order valence-electron chi connectivity index (χ1n) is 7.73. The zero-order chi connectivity index (χ0) is 14.7. The summed E-state index contributed by atoms with van der Waals surface area (Å²) in [6.07, 6.45) is 5.61. The van der Waals surface area contributed by atoms with Crippen LogP contribution in [0.5, 0.6) is 0 Å². The van der Waals surface area contributed by atoms with Crippen LogP contribution >= 0.6 is 0 Å². The molecule has 0 saturated carbocycles. The number of likely N-dealkylation sites (tertiary alicyclic amines) is 1. The molecule has 1 unspecified atom stereocenters. The lowest BCUT2D eigenvalue weighted by Gasteiger charge is -2.29. The first-order chi connectivity index (χ1) is 9.60. The van der Waals surface area contributed by atoms with E-state index in [9.17, 15) is 4.79 Å². The number of hydrogen-bond acceptors (Lipinski definition) is 3. The second-order valence-corrected chi connectivity index (χ2v) is 5.57. The van der Waals surface area contributed by atoms with E-state index in [2.05, 4.69) is 12.0 Å². The highest BCUT2D eigenvalue weighted by molar-refractivity contribution is 5.98. The number of amides is 1. The molecule has 0 radical (unpaired) electrons. The largest absolute Gasteiger partial charge is 0.395 e. The molecule has 20 heavy (non-hydrogen) atoms. The van der Waals surface area contributed by atoms with Gasteiger partial charge in [0, 0.05) is 19.1 Å². The van der Waals surface area contributed by atoms with Gasteiger partial charge in [0.15, 0.2) is 0 Å². The van der Waals surface area contributed by atoms with E-state index < -0.39 is 0 Å². The molecule has 1 atom stereocenters. The minimum absolute atomic E-state index is 0.0544. The maximum atomic E-state index is 12.9. The molecule has 112 valence electrons. The van der Waals surface area contributed by atoms with Gasteiger partial charge in [-0.1, -0.05) is 19.8 Å². The first kappa shape index (κ1) is 14.9. The van der Waals surface area contributed by atoms with Crippen molar-refractivity contribution in [1.82, 2.24) is 14.7 Å². The molecule has 1 saturated heterocycles. The van der Waals surface area contributed by atoms with E-state index in [-0.39, 0.29) is 5.91 Å². The van der Waals surface area contributed by atoms with E-state index in [1.807, 2.05) is 18.7 Å². The predicted molar refractivity (Wildman–Crippen MR) is 80.6 cm³/mol. The van der Waals surface area contributed by atoms with Crippen molar-refractivity contribution in [2.45, 2.75) is 65.5 Å². The van der Waals surface area contributed by atoms with Crippen LogP contribution in [0, 0.1) is 6.92 Å². The Bertz CT molecular complexity index is 480. The van der Waals surface area contributed by atoms with Crippen LogP contribution in [-0.2, 0) is 6.54 Å². The Kier molecular flexibility index (Phi) is 4.68. The number of hydrogen-bond donors (Lipinski definition) is 1. The van der Waals surface area contributed by atoms with Crippen molar-refractivity contribution in [2.75, 3.05) is 12.3 Å². The van der Waals surface area contributed by atoms with Crippen molar-refractivity contribution in [3.05, 3.63) is 11.4 Å². The Balaban J connectivity index is 2.33. The Hall–Kier alpha value is -1.52. The van der Waals surface area contributed by atoms with Crippen LogP contribution in [0.15, 0.2) is 0 Å². The number of rotatable bonds is 3. The number of anilines is 1. The van der Waals surface area contributed by atoms with Gasteiger partial charge >= 0.3 is 0 Å². The SMILES string of the molecule is CCC1CCCCCN1C(=O)c1c(N)c(C)nn1CC. The van der Waals surface area contributed by atoms with Gasteiger partial charge in [-0.25, -0.2) is 0 Å². The molecule has 0 bridgehead atoms. The van der Waals surface area contributed by atoms with E-state index in [1.54, 1.807) is 4.68 Å². The van der Waals surface area contributed by atoms with Gasteiger partial charge in [-0.2, -0.15) is 5.10 Å². The summed E-state index contributed by atoms with van der Waals surface area (Å²) in [6.45, 7) is 7.51. The summed E-state index contributed by atoms with van der Waals surface area (Å²) in [5.41, 5.74) is 7.94. The number of nitrogens with two attached hydrogens (primary N) is 1. The van der Waals surface area contributed by atoms with Crippen LogP contribution in [0.4, 0.5) is 5.69 Å². The van der Waals surface area contributed by atoms with Crippen molar-refractivity contribution in [2.24, 2.45) is 0 Å². The van der Waals surface area contributed by atoms with E-state index >= 15 is 0 Å². The van der Waals surface area contributed by atoms with Gasteiger partial charge in [0.1, 0.15) is 5.69 Å². The summed E-state index contributed by atoms with van der Waals surface area (Å²) in [7, 11) is 0. The fourth-order valence-corrected chi connectivity index (χ4v) is 3.05. The smallest absolute Gasteiger partial charge is 0.274 e. The van der Waals surface area contributed by atoms with E-state index in [4.69, 9.17) is 5.73 Å². The first-order valence-corrected chi connectivity index (χ1v) is 7.73. The molecule has 1 aromatic rings. The van der Waals surface area contributed by atoms with Gasteiger partial charge in [0.2, 0.25) is 0 Å². The molecule has 1 fully saturated rings. The van der Waals surface area contributed by atoms with Gasteiger partial charge in [0.25, 0.3) is 5.91 Å². The van der Waals surface area contributed by atoms with Gasteiger partial charge in [-0.15, -0.1) is 0 Å². The topological polar surface area (TPSA) is 64.2 Å². The van der Waals surface area contributed by atoms with Gasteiger partial charge < -0.3 is 10.6 Å². The molecule has 5 nitrogen and oxygen atoms in total. The summed E-state index contributed by atoms with van der Waals surface area (Å²) in [5.74, 6) is 0.0544. The Labute approximate surface area is 121 Å². The highest BCUT2D eigenvalue weighted by Crippen LogP contribution is 2.24. The Morgan fingerprint density at radius 1 is 1.35 bits per heavy atom. The number of aryl methyl sites for hydroxylation is 2. The van der Waals surface area contributed by atoms with Gasteiger partial charge in [-0.3, -0.25) is 9.48 Å². The second-order valence-electron chi connectivity index (χ2n) is 5.57. The zero-order valence-electron chi connectivity index (χ0n) is 12.9. The van der Waals surface area contributed by atoms with Gasteiger partial charge in [0.05, 0.1) is 11.4 Å². The minimum atomic E-state index is 0.0544. The lowest BCUT2D eigenvalue weighted by Crippen LogP contribution is -2.40. The fourth-order valence-electron chi connectivity index (χ4n) is 3.05. The standard InChI is InChI=1S/C15H26N4O/c1-4-12-9-7-6-8-10-18(12)15(20)14-13(16)11(3)17-19(14)5-2/h12H,4-10,16H2,1-3H3. The summed E-state index contributed by atoms with van der Waals surface area (Å²) in [6, 6.07) is 0.338. The molecular weight excluding hydrogens is 252 g/mol. The third kappa shape index (κ3) is 2.67. The molecule has 5 heteroatoms. The number of carbonyl (C=O) groups is 1. The third-order valence-electron chi connectivity index (χ3n) is 4.29. The molecule has 0 aromatic carbocycles. The minimum Gasteiger partial charge on any atom is -0.395 e. The van der Waals surface area contributed by atoms with E-state index in [1.165, 1.54) is 12.8 Å². The highest BCUT2D eigenvalue weighted by atomic mass is 16.2. The molecule has 1 aromatic heterocycles. The number of aromatic nitrogens is 2. The molecule has 2 heterocycles. The lowest BCUT2D eigenvalue weighted by molar-refractivity contribution is 0.0666. The fraction of sp³-hybridized carbons (Fsp3) is 0.733. The average Bonchev–Trinajstić information content (AvgIpc) is 2.64. The van der Waals surface area contributed by atoms with Crippen LogP contribution < -0.4 is 5.73 Å². The normalized spacial score (nSPS) is 19.9. The quantitative estimate of drug-likeness (QED) is 0.924. The van der Waals surface area contributed by atoms with Crippen LogP contribution in [-0.4, -0.2) is 33.2 Å². The number of nitrogen functional groups attached to an aromatic ring is 1. The highest BCUT2D eigenvalue weighted by Gasteiger charge is 2.29. The molecule has 1 amide bonds. The predicted octanol–water partition coefficient (Wildman–Crippen LogP) is 2.59. The van der Waals surface area contributed by atoms with Crippen LogP contribution in [0.2, 0.25) is 0 Å². The summed E-state index contributed by atoms with van der Waals surface area (Å²) < 4.78 is 1.74. The molecular formula is C15H26N4O. The van der Waals surface area contributed by atoms with Crippen molar-refractivity contribution in [3.8, 4) is 0 Å². The van der Waals surface area contributed by atoms with Crippen LogP contribution in [0.25, 0.3) is 0 Å². The van der Waals surface area contributed by atoms with Crippen LogP contribution in [0.1, 0.15) is 62.1 Å². The molecule has 2 N–H and O–H groups in total. The number of carbonyl (C=O) groups excluding carboxylic acids is 1. The molecule has 0 spiro atoms. The maximum Gasteiger partial charge on any atom is 0.274 e. The monoisotopic (exact) mass is 278 g/mol. The second kappa shape index (κ2) is 6.29. The zero-order valence-corrected chi connectivity index (χ0v) is 12.9. The summed E-state index contributed by atoms with van der Waals surface area (Å²) >= 11 is 0. The maximum absolute atomic E-state index is 12.9. The average molecular weight is 278 g/mol. The van der Waals surface area contributed by atoms with Crippen molar-refractivity contribution < 1.29 is 4.79 Å². The number of nitrogens with zero attached hydrogens (tertiary/aromatic N) is 3. The van der Waals surface area contributed by atoms with Crippen LogP contribution in [0.3, 0.4) is 0 Å². The molecule has 2 rings (SSSR count). The van der Waals surface area contributed by atoms with Crippen molar-refractivity contribution in [1.29, 1.82) is 0 Å².